The second-order valence-corrected chi connectivity index (χ2v) is 3.26. The number of aromatic nitrogens is 1. The maximum atomic E-state index is 13.3. The zero-order valence-corrected chi connectivity index (χ0v) is 8.15. The molecule has 0 radical (unpaired) electrons. The van der Waals surface area contributed by atoms with E-state index in [1.807, 2.05) is 0 Å². The lowest BCUT2D eigenvalue weighted by molar-refractivity contribution is 0.0299. The lowest BCUT2D eigenvalue weighted by atomic mass is 10.2. The molecule has 1 saturated heterocycles. The Kier molecular flexibility index (Phi) is 2.91. The van der Waals surface area contributed by atoms with Crippen molar-refractivity contribution < 1.29 is 13.9 Å². The zero-order chi connectivity index (χ0) is 10.7. The van der Waals surface area contributed by atoms with Crippen LogP contribution in [0.2, 0.25) is 0 Å². The minimum Gasteiger partial charge on any atom is -0.378 e. The van der Waals surface area contributed by atoms with E-state index in [0.29, 0.717) is 26.3 Å². The molecule has 0 saturated carbocycles. The van der Waals surface area contributed by atoms with Gasteiger partial charge in [0.1, 0.15) is 0 Å². The second-order valence-electron chi connectivity index (χ2n) is 3.26. The highest BCUT2D eigenvalue weighted by atomic mass is 19.1. The number of amides is 1. The number of rotatable bonds is 1. The molecule has 1 amide bonds. The SMILES string of the molecule is O=C(c1ccncc1F)N1CCOCC1. The molecule has 0 unspecified atom stereocenters. The largest absolute Gasteiger partial charge is 0.378 e. The van der Waals surface area contributed by atoms with Crippen LogP contribution in [0.4, 0.5) is 4.39 Å². The molecule has 1 fully saturated rings. The van der Waals surface area contributed by atoms with Crippen LogP contribution in [0.5, 0.6) is 0 Å². The van der Waals surface area contributed by atoms with E-state index in [1.54, 1.807) is 4.90 Å². The molecule has 4 nitrogen and oxygen atoms in total. The lowest BCUT2D eigenvalue weighted by Gasteiger charge is -2.26. The summed E-state index contributed by atoms with van der Waals surface area (Å²) in [7, 11) is 0. The number of ether oxygens (including phenoxy) is 1. The van der Waals surface area contributed by atoms with E-state index in [1.165, 1.54) is 12.3 Å². The number of halogens is 1. The summed E-state index contributed by atoms with van der Waals surface area (Å²) in [6.45, 7) is 2.05. The van der Waals surface area contributed by atoms with E-state index in [0.717, 1.165) is 6.20 Å². The van der Waals surface area contributed by atoms with Crippen molar-refractivity contribution in [2.75, 3.05) is 26.3 Å². The van der Waals surface area contributed by atoms with Crippen molar-refractivity contribution in [1.29, 1.82) is 0 Å². The first-order chi connectivity index (χ1) is 7.29. The van der Waals surface area contributed by atoms with Crippen LogP contribution < -0.4 is 0 Å². The number of pyridine rings is 1. The van der Waals surface area contributed by atoms with E-state index in [4.69, 9.17) is 4.74 Å². The van der Waals surface area contributed by atoms with Gasteiger partial charge in [0.15, 0.2) is 5.82 Å². The number of nitrogens with zero attached hydrogens (tertiary/aromatic N) is 2. The molecule has 0 bridgehead atoms. The predicted molar refractivity (Wildman–Crippen MR) is 50.9 cm³/mol. The van der Waals surface area contributed by atoms with E-state index in [2.05, 4.69) is 4.98 Å². The second kappa shape index (κ2) is 4.35. The van der Waals surface area contributed by atoms with Gasteiger partial charge in [-0.15, -0.1) is 0 Å². The Labute approximate surface area is 86.7 Å². The smallest absolute Gasteiger partial charge is 0.257 e. The van der Waals surface area contributed by atoms with Gasteiger partial charge < -0.3 is 9.64 Å². The Morgan fingerprint density at radius 2 is 2.20 bits per heavy atom. The van der Waals surface area contributed by atoms with Gasteiger partial charge in [0, 0.05) is 19.3 Å². The highest BCUT2D eigenvalue weighted by molar-refractivity contribution is 5.94. The van der Waals surface area contributed by atoms with Crippen LogP contribution in [-0.4, -0.2) is 42.1 Å². The Morgan fingerprint density at radius 3 is 2.87 bits per heavy atom. The average Bonchev–Trinajstić information content (AvgIpc) is 2.30. The molecule has 0 aromatic carbocycles. The molecule has 0 aliphatic carbocycles. The molecule has 1 aromatic heterocycles. The Bertz CT molecular complexity index is 364. The molecule has 2 rings (SSSR count). The van der Waals surface area contributed by atoms with Crippen molar-refractivity contribution >= 4 is 5.91 Å². The maximum absolute atomic E-state index is 13.3. The van der Waals surface area contributed by atoms with Crippen molar-refractivity contribution in [3.8, 4) is 0 Å². The topological polar surface area (TPSA) is 42.4 Å². The maximum Gasteiger partial charge on any atom is 0.257 e. The summed E-state index contributed by atoms with van der Waals surface area (Å²) >= 11 is 0. The van der Waals surface area contributed by atoms with Crippen LogP contribution in [0.15, 0.2) is 18.5 Å². The number of carbonyl (C=O) groups excluding carboxylic acids is 1. The standard InChI is InChI=1S/C10H11FN2O2/c11-9-7-12-2-1-8(9)10(14)13-3-5-15-6-4-13/h1-2,7H,3-6H2. The third-order valence-corrected chi connectivity index (χ3v) is 2.30. The molecule has 0 atom stereocenters. The average molecular weight is 210 g/mol. The highest BCUT2D eigenvalue weighted by Gasteiger charge is 2.20. The Hall–Kier alpha value is -1.49. The Morgan fingerprint density at radius 1 is 1.47 bits per heavy atom. The molecule has 0 spiro atoms. The van der Waals surface area contributed by atoms with E-state index in [9.17, 15) is 9.18 Å². The van der Waals surface area contributed by atoms with Gasteiger partial charge in [0.05, 0.1) is 25.0 Å². The van der Waals surface area contributed by atoms with E-state index < -0.39 is 5.82 Å². The van der Waals surface area contributed by atoms with Crippen LogP contribution in [0.3, 0.4) is 0 Å². The zero-order valence-electron chi connectivity index (χ0n) is 8.15. The molecule has 1 aromatic rings. The highest BCUT2D eigenvalue weighted by Crippen LogP contribution is 2.09. The van der Waals surface area contributed by atoms with Crippen molar-refractivity contribution in [1.82, 2.24) is 9.88 Å². The summed E-state index contributed by atoms with van der Waals surface area (Å²) < 4.78 is 18.4. The molecule has 0 N–H and O–H groups in total. The summed E-state index contributed by atoms with van der Waals surface area (Å²) in [5.41, 5.74) is 0.0758. The number of carbonyl (C=O) groups is 1. The number of morpholine rings is 1. The third-order valence-electron chi connectivity index (χ3n) is 2.30. The van der Waals surface area contributed by atoms with Gasteiger partial charge >= 0.3 is 0 Å². The van der Waals surface area contributed by atoms with Crippen LogP contribution in [0, 0.1) is 5.82 Å². The van der Waals surface area contributed by atoms with Gasteiger partial charge in [0.2, 0.25) is 0 Å². The first-order valence-corrected chi connectivity index (χ1v) is 4.75. The summed E-state index contributed by atoms with van der Waals surface area (Å²) in [6, 6.07) is 1.40. The van der Waals surface area contributed by atoms with E-state index in [-0.39, 0.29) is 11.5 Å². The fourth-order valence-corrected chi connectivity index (χ4v) is 1.49. The summed E-state index contributed by atoms with van der Waals surface area (Å²) in [5, 5.41) is 0. The van der Waals surface area contributed by atoms with Crippen molar-refractivity contribution in [2.24, 2.45) is 0 Å². The van der Waals surface area contributed by atoms with Crippen LogP contribution >= 0.6 is 0 Å². The van der Waals surface area contributed by atoms with Gasteiger partial charge in [-0.2, -0.15) is 0 Å². The molecule has 5 heteroatoms. The summed E-state index contributed by atoms with van der Waals surface area (Å²) in [5.74, 6) is -0.868. The fourth-order valence-electron chi connectivity index (χ4n) is 1.49. The monoisotopic (exact) mass is 210 g/mol. The van der Waals surface area contributed by atoms with Gasteiger partial charge in [-0.3, -0.25) is 9.78 Å². The van der Waals surface area contributed by atoms with Crippen LogP contribution in [-0.2, 0) is 4.74 Å². The van der Waals surface area contributed by atoms with E-state index >= 15 is 0 Å². The minimum absolute atomic E-state index is 0.0758. The summed E-state index contributed by atoms with van der Waals surface area (Å²) in [6.07, 6.45) is 2.46. The predicted octanol–water partition coefficient (Wildman–Crippen LogP) is 0.693. The number of hydrogen-bond acceptors (Lipinski definition) is 3. The van der Waals surface area contributed by atoms with Gasteiger partial charge in [0.25, 0.3) is 5.91 Å². The molecule has 1 aliphatic heterocycles. The van der Waals surface area contributed by atoms with Crippen molar-refractivity contribution in [3.63, 3.8) is 0 Å². The van der Waals surface area contributed by atoms with Crippen LogP contribution in [0.1, 0.15) is 10.4 Å². The van der Waals surface area contributed by atoms with Crippen LogP contribution in [0.25, 0.3) is 0 Å². The fraction of sp³-hybridized carbons (Fsp3) is 0.400. The molecular weight excluding hydrogens is 199 g/mol. The third kappa shape index (κ3) is 2.12. The van der Waals surface area contributed by atoms with Crippen molar-refractivity contribution in [3.05, 3.63) is 29.8 Å². The lowest BCUT2D eigenvalue weighted by Crippen LogP contribution is -2.41. The first-order valence-electron chi connectivity index (χ1n) is 4.75. The minimum atomic E-state index is -0.575. The molecule has 1 aliphatic rings. The molecule has 2 heterocycles. The Balaban J connectivity index is 2.16. The quantitative estimate of drug-likeness (QED) is 0.685. The van der Waals surface area contributed by atoms with Gasteiger partial charge in [-0.25, -0.2) is 4.39 Å². The molecule has 15 heavy (non-hydrogen) atoms. The molecule has 80 valence electrons. The molecular formula is C10H11FN2O2. The van der Waals surface area contributed by atoms with Gasteiger partial charge in [-0.1, -0.05) is 0 Å². The normalized spacial score (nSPS) is 16.5. The summed E-state index contributed by atoms with van der Waals surface area (Å²) in [4.78, 5) is 17.0. The van der Waals surface area contributed by atoms with Gasteiger partial charge in [-0.05, 0) is 6.07 Å². The first kappa shape index (κ1) is 10.0. The van der Waals surface area contributed by atoms with Crippen molar-refractivity contribution in [2.45, 2.75) is 0 Å². The number of hydrogen-bond donors (Lipinski definition) is 0.